The van der Waals surface area contributed by atoms with E-state index in [0.717, 1.165) is 27.6 Å². The van der Waals surface area contributed by atoms with Gasteiger partial charge < -0.3 is 14.7 Å². The highest BCUT2D eigenvalue weighted by Crippen LogP contribution is 2.38. The van der Waals surface area contributed by atoms with Crippen LogP contribution < -0.4 is 4.74 Å². The smallest absolute Gasteiger partial charge is 0.254 e. The summed E-state index contributed by atoms with van der Waals surface area (Å²) in [7, 11) is 0. The van der Waals surface area contributed by atoms with E-state index in [2.05, 4.69) is 36.1 Å². The number of amides is 1. The van der Waals surface area contributed by atoms with Crippen molar-refractivity contribution in [3.05, 3.63) is 39.5 Å². The van der Waals surface area contributed by atoms with E-state index in [1.807, 2.05) is 22.9 Å². The van der Waals surface area contributed by atoms with Gasteiger partial charge in [-0.3, -0.25) is 9.69 Å². The Kier molecular flexibility index (Phi) is 5.95. The lowest BCUT2D eigenvalue weighted by Gasteiger charge is -2.35. The van der Waals surface area contributed by atoms with Crippen LogP contribution in [0.5, 0.6) is 11.6 Å². The molecule has 35 heavy (non-hydrogen) atoms. The van der Waals surface area contributed by atoms with E-state index in [9.17, 15) is 9.90 Å². The number of carbonyl (C=O) groups excluding carboxylic acids is 1. The maximum absolute atomic E-state index is 12.4. The molecular formula is C24H26BrClN6O3. The van der Waals surface area contributed by atoms with Crippen LogP contribution in [0, 0.1) is 5.92 Å². The first-order chi connectivity index (χ1) is 16.9. The van der Waals surface area contributed by atoms with Gasteiger partial charge in [0, 0.05) is 51.0 Å². The van der Waals surface area contributed by atoms with E-state index in [1.54, 1.807) is 11.1 Å². The summed E-state index contributed by atoms with van der Waals surface area (Å²) in [5.74, 6) is 1.65. The number of carbonyl (C=O) groups is 1. The maximum Gasteiger partial charge on any atom is 0.254 e. The molecule has 11 heteroatoms. The monoisotopic (exact) mass is 560 g/mol. The van der Waals surface area contributed by atoms with Gasteiger partial charge in [-0.1, -0.05) is 16.8 Å². The number of halogens is 2. The molecule has 0 unspecified atom stereocenters. The van der Waals surface area contributed by atoms with Gasteiger partial charge in [0.1, 0.15) is 16.9 Å². The lowest BCUT2D eigenvalue weighted by Crippen LogP contribution is -2.51. The molecule has 1 aromatic carbocycles. The Morgan fingerprint density at radius 2 is 2.00 bits per heavy atom. The van der Waals surface area contributed by atoms with Crippen molar-refractivity contribution in [3.8, 4) is 11.6 Å². The third-order valence-corrected chi connectivity index (χ3v) is 7.97. The number of hydrogen-bond donors (Lipinski definition) is 1. The molecule has 0 atom stereocenters. The summed E-state index contributed by atoms with van der Waals surface area (Å²) >= 11 is 9.92. The molecule has 9 nitrogen and oxygen atoms in total. The number of pyridine rings is 1. The molecule has 6 rings (SSSR count). The summed E-state index contributed by atoms with van der Waals surface area (Å²) in [5.41, 5.74) is 1.49. The molecule has 2 aliphatic carbocycles. The zero-order valence-electron chi connectivity index (χ0n) is 19.2. The Bertz CT molecular complexity index is 1280. The number of ether oxygens (including phenoxy) is 1. The van der Waals surface area contributed by atoms with Gasteiger partial charge in [0.05, 0.1) is 15.0 Å². The lowest BCUT2D eigenvalue weighted by molar-refractivity contribution is -0.144. The number of aliphatic hydroxyl groups is 1. The Morgan fingerprint density at radius 1 is 1.23 bits per heavy atom. The molecule has 1 N–H and O–H groups in total. The van der Waals surface area contributed by atoms with Crippen LogP contribution >= 0.6 is 27.5 Å². The van der Waals surface area contributed by atoms with Crippen LogP contribution in [-0.4, -0.2) is 72.6 Å². The average Bonchev–Trinajstić information content (AvgIpc) is 3.77. The Morgan fingerprint density at radius 3 is 2.71 bits per heavy atom. The fourth-order valence-electron chi connectivity index (χ4n) is 4.50. The van der Waals surface area contributed by atoms with Gasteiger partial charge in [-0.25, -0.2) is 9.67 Å². The highest BCUT2D eigenvalue weighted by molar-refractivity contribution is 9.10. The van der Waals surface area contributed by atoms with Crippen molar-refractivity contribution >= 4 is 44.5 Å². The second-order valence-electron chi connectivity index (χ2n) is 9.78. The molecule has 3 heterocycles. The topological polar surface area (TPSA) is 96.6 Å². The van der Waals surface area contributed by atoms with Gasteiger partial charge in [0.25, 0.3) is 5.91 Å². The van der Waals surface area contributed by atoms with Crippen molar-refractivity contribution in [1.82, 2.24) is 29.8 Å². The molecular weight excluding hydrogens is 536 g/mol. The van der Waals surface area contributed by atoms with Crippen molar-refractivity contribution < 1.29 is 14.6 Å². The van der Waals surface area contributed by atoms with Gasteiger partial charge in [0.15, 0.2) is 0 Å². The van der Waals surface area contributed by atoms with Crippen LogP contribution in [0.1, 0.15) is 31.2 Å². The first kappa shape index (κ1) is 23.1. The van der Waals surface area contributed by atoms with Crippen molar-refractivity contribution in [2.45, 2.75) is 44.4 Å². The van der Waals surface area contributed by atoms with E-state index in [1.165, 1.54) is 12.8 Å². The van der Waals surface area contributed by atoms with Crippen LogP contribution in [0.15, 0.2) is 28.9 Å². The standard InChI is InChI=1S/C24H26BrClN6O3/c25-20-19(4-3-18-21(20)28-29-32(18)13-15-1-2-15)35-22-16(11-17(26)12-27-22)14-30-7-9-31(10-8-30)23(33)24(34)5-6-24/h3-4,11-12,15,34H,1-2,5-10,13-14H2. The molecule has 1 aliphatic heterocycles. The van der Waals surface area contributed by atoms with Gasteiger partial charge >= 0.3 is 0 Å². The van der Waals surface area contributed by atoms with Crippen LogP contribution in [0.3, 0.4) is 0 Å². The fraction of sp³-hybridized carbons (Fsp3) is 0.500. The zero-order chi connectivity index (χ0) is 24.2. The molecule has 2 aromatic heterocycles. The highest BCUT2D eigenvalue weighted by atomic mass is 79.9. The minimum Gasteiger partial charge on any atom is -0.437 e. The number of benzene rings is 1. The number of hydrogen-bond acceptors (Lipinski definition) is 7. The highest BCUT2D eigenvalue weighted by Gasteiger charge is 2.50. The summed E-state index contributed by atoms with van der Waals surface area (Å²) in [6.45, 7) is 4.06. The first-order valence-corrected chi connectivity index (χ1v) is 13.1. The molecule has 0 radical (unpaired) electrons. The SMILES string of the molecule is O=C(N1CCN(Cc2cc(Cl)cnc2Oc2ccc3c(nnn3CC3CC3)c2Br)CC1)C1(O)CC1. The number of piperazine rings is 1. The maximum atomic E-state index is 12.4. The lowest BCUT2D eigenvalue weighted by atomic mass is 10.2. The van der Waals surface area contributed by atoms with Crippen molar-refractivity contribution in [1.29, 1.82) is 0 Å². The van der Waals surface area contributed by atoms with Crippen LogP contribution in [0.4, 0.5) is 0 Å². The number of rotatable bonds is 7. The molecule has 3 aromatic rings. The predicted molar refractivity (Wildman–Crippen MR) is 133 cm³/mol. The molecule has 3 fully saturated rings. The molecule has 3 aliphatic rings. The van der Waals surface area contributed by atoms with Crippen LogP contribution in [0.2, 0.25) is 5.02 Å². The molecule has 1 amide bonds. The third kappa shape index (κ3) is 4.76. The summed E-state index contributed by atoms with van der Waals surface area (Å²) < 4.78 is 8.94. The average molecular weight is 562 g/mol. The number of aromatic nitrogens is 4. The summed E-state index contributed by atoms with van der Waals surface area (Å²) in [5, 5.41) is 19.4. The van der Waals surface area contributed by atoms with E-state index >= 15 is 0 Å². The molecule has 0 bridgehead atoms. The summed E-state index contributed by atoms with van der Waals surface area (Å²) in [6.07, 6.45) is 5.22. The van der Waals surface area contributed by atoms with Crippen molar-refractivity contribution in [2.75, 3.05) is 26.2 Å². The van der Waals surface area contributed by atoms with E-state index in [4.69, 9.17) is 16.3 Å². The van der Waals surface area contributed by atoms with Crippen molar-refractivity contribution in [2.24, 2.45) is 5.92 Å². The minimum absolute atomic E-state index is 0.139. The largest absolute Gasteiger partial charge is 0.437 e. The van der Waals surface area contributed by atoms with Crippen molar-refractivity contribution in [3.63, 3.8) is 0 Å². The Labute approximate surface area is 216 Å². The van der Waals surface area contributed by atoms with Gasteiger partial charge in [-0.05, 0) is 65.7 Å². The Hall–Kier alpha value is -2.27. The second kappa shape index (κ2) is 8.99. The van der Waals surface area contributed by atoms with E-state index < -0.39 is 5.60 Å². The van der Waals surface area contributed by atoms with Gasteiger partial charge in [-0.15, -0.1) is 5.10 Å². The normalized spacial score (nSPS) is 19.8. The van der Waals surface area contributed by atoms with Gasteiger partial charge in [-0.2, -0.15) is 0 Å². The summed E-state index contributed by atoms with van der Waals surface area (Å²) in [6, 6.07) is 5.76. The number of fused-ring (bicyclic) bond motifs is 1. The quantitative estimate of drug-likeness (QED) is 0.471. The fourth-order valence-corrected chi connectivity index (χ4v) is 5.18. The Balaban J connectivity index is 1.17. The van der Waals surface area contributed by atoms with Crippen LogP contribution in [-0.2, 0) is 17.9 Å². The third-order valence-electron chi connectivity index (χ3n) is 6.99. The first-order valence-electron chi connectivity index (χ1n) is 12.0. The predicted octanol–water partition coefficient (Wildman–Crippen LogP) is 3.61. The van der Waals surface area contributed by atoms with E-state index in [-0.39, 0.29) is 5.91 Å². The molecule has 2 saturated carbocycles. The minimum atomic E-state index is -1.11. The summed E-state index contributed by atoms with van der Waals surface area (Å²) in [4.78, 5) is 20.9. The van der Waals surface area contributed by atoms with Gasteiger partial charge in [0.2, 0.25) is 5.88 Å². The molecule has 1 saturated heterocycles. The zero-order valence-corrected chi connectivity index (χ0v) is 21.5. The second-order valence-corrected chi connectivity index (χ2v) is 11.0. The molecule has 184 valence electrons. The number of nitrogens with zero attached hydrogens (tertiary/aromatic N) is 6. The van der Waals surface area contributed by atoms with E-state index in [0.29, 0.717) is 68.1 Å². The van der Waals surface area contributed by atoms with Crippen LogP contribution in [0.25, 0.3) is 11.0 Å². The molecule has 0 spiro atoms.